The molecule has 0 aliphatic carbocycles. The van der Waals surface area contributed by atoms with Crippen LogP contribution >= 0.6 is 22.7 Å². The average Bonchev–Trinajstić information content (AvgIpc) is 3.21. The van der Waals surface area contributed by atoms with Crippen molar-refractivity contribution in [3.63, 3.8) is 0 Å². The van der Waals surface area contributed by atoms with Crippen molar-refractivity contribution in [1.82, 2.24) is 4.90 Å². The van der Waals surface area contributed by atoms with Gasteiger partial charge in [0.05, 0.1) is 25.1 Å². The highest BCUT2D eigenvalue weighted by Gasteiger charge is 2.30. The molecule has 0 atom stereocenters. The number of carbonyl (C=O) groups excluding carboxylic acids is 3. The van der Waals surface area contributed by atoms with Crippen LogP contribution in [0.3, 0.4) is 0 Å². The van der Waals surface area contributed by atoms with Gasteiger partial charge in [-0.25, -0.2) is 4.79 Å². The lowest BCUT2D eigenvalue weighted by molar-refractivity contribution is -0.129. The summed E-state index contributed by atoms with van der Waals surface area (Å²) in [6.07, 6.45) is 0.850. The lowest BCUT2D eigenvalue weighted by Gasteiger charge is -2.25. The van der Waals surface area contributed by atoms with Crippen LogP contribution in [-0.4, -0.2) is 35.8 Å². The van der Waals surface area contributed by atoms with Gasteiger partial charge in [0.1, 0.15) is 5.00 Å². The van der Waals surface area contributed by atoms with Gasteiger partial charge >= 0.3 is 5.97 Å². The minimum Gasteiger partial charge on any atom is -0.462 e. The lowest BCUT2D eigenvalue weighted by atomic mass is 10.0. The zero-order valence-electron chi connectivity index (χ0n) is 14.7. The Balaban J connectivity index is 1.87. The Hall–Kier alpha value is -2.19. The summed E-state index contributed by atoms with van der Waals surface area (Å²) in [5.74, 6) is -0.585. The Bertz CT molecular complexity index is 827. The number of anilines is 1. The van der Waals surface area contributed by atoms with Crippen LogP contribution in [0, 0.1) is 0 Å². The first kappa shape index (κ1) is 18.6. The fraction of sp³-hybridized carbons (Fsp3) is 0.389. The highest BCUT2D eigenvalue weighted by atomic mass is 32.1. The van der Waals surface area contributed by atoms with E-state index in [1.54, 1.807) is 11.8 Å². The number of fused-ring (bicyclic) bond motifs is 1. The van der Waals surface area contributed by atoms with Gasteiger partial charge in [0.2, 0.25) is 11.8 Å². The molecular formula is C18H20N2O4S2. The molecule has 3 rings (SSSR count). The van der Waals surface area contributed by atoms with E-state index in [4.69, 9.17) is 4.74 Å². The third kappa shape index (κ3) is 3.96. The second kappa shape index (κ2) is 8.01. The molecule has 1 aliphatic rings. The van der Waals surface area contributed by atoms with E-state index in [2.05, 4.69) is 5.32 Å². The highest BCUT2D eigenvalue weighted by molar-refractivity contribution is 7.17. The van der Waals surface area contributed by atoms with Gasteiger partial charge in [-0.1, -0.05) is 6.07 Å². The van der Waals surface area contributed by atoms with Gasteiger partial charge in [-0.15, -0.1) is 22.7 Å². The largest absolute Gasteiger partial charge is 0.462 e. The van der Waals surface area contributed by atoms with Crippen LogP contribution in [0.4, 0.5) is 5.00 Å². The number of rotatable bonds is 5. The molecule has 0 unspecified atom stereocenters. The highest BCUT2D eigenvalue weighted by Crippen LogP contribution is 2.37. The van der Waals surface area contributed by atoms with Gasteiger partial charge in [0, 0.05) is 23.2 Å². The van der Waals surface area contributed by atoms with Gasteiger partial charge in [-0.3, -0.25) is 9.59 Å². The fourth-order valence-electron chi connectivity index (χ4n) is 2.92. The fourth-order valence-corrected chi connectivity index (χ4v) is 4.89. The predicted molar refractivity (Wildman–Crippen MR) is 102 cm³/mol. The first-order chi connectivity index (χ1) is 12.5. The smallest absolute Gasteiger partial charge is 0.341 e. The molecule has 3 heterocycles. The van der Waals surface area contributed by atoms with Gasteiger partial charge < -0.3 is 15.0 Å². The van der Waals surface area contributed by atoms with E-state index in [0.717, 1.165) is 15.3 Å². The molecule has 0 bridgehead atoms. The number of hydrogen-bond acceptors (Lipinski definition) is 6. The van der Waals surface area contributed by atoms with Crippen molar-refractivity contribution in [2.24, 2.45) is 0 Å². The quantitative estimate of drug-likeness (QED) is 0.794. The summed E-state index contributed by atoms with van der Waals surface area (Å²) in [5, 5.41) is 5.31. The molecule has 0 saturated heterocycles. The van der Waals surface area contributed by atoms with Gasteiger partial charge in [-0.05, 0) is 30.4 Å². The van der Waals surface area contributed by atoms with Crippen molar-refractivity contribution in [3.05, 3.63) is 38.4 Å². The maximum atomic E-state index is 12.5. The second-order valence-electron chi connectivity index (χ2n) is 5.92. The zero-order valence-corrected chi connectivity index (χ0v) is 16.3. The normalized spacial score (nSPS) is 13.2. The van der Waals surface area contributed by atoms with Crippen molar-refractivity contribution in [1.29, 1.82) is 0 Å². The molecule has 2 aromatic rings. The lowest BCUT2D eigenvalue weighted by Crippen LogP contribution is -2.34. The Morgan fingerprint density at radius 3 is 2.81 bits per heavy atom. The summed E-state index contributed by atoms with van der Waals surface area (Å²) in [6, 6.07) is 3.80. The summed E-state index contributed by atoms with van der Waals surface area (Å²) in [6.45, 7) is 4.58. The number of amides is 2. The Morgan fingerprint density at radius 2 is 2.15 bits per heavy atom. The Labute approximate surface area is 159 Å². The van der Waals surface area contributed by atoms with E-state index in [0.29, 0.717) is 30.1 Å². The molecule has 1 N–H and O–H groups in total. The summed E-state index contributed by atoms with van der Waals surface area (Å²) in [4.78, 5) is 40.1. The molecule has 0 saturated carbocycles. The van der Waals surface area contributed by atoms with Crippen LogP contribution in [-0.2, 0) is 33.7 Å². The van der Waals surface area contributed by atoms with E-state index < -0.39 is 5.97 Å². The van der Waals surface area contributed by atoms with E-state index in [1.807, 2.05) is 17.5 Å². The monoisotopic (exact) mass is 392 g/mol. The predicted octanol–water partition coefficient (Wildman–Crippen LogP) is 3.07. The minimum atomic E-state index is -0.423. The van der Waals surface area contributed by atoms with Crippen molar-refractivity contribution < 1.29 is 19.1 Å². The third-order valence-electron chi connectivity index (χ3n) is 4.15. The molecular weight excluding hydrogens is 372 g/mol. The molecule has 2 amide bonds. The maximum absolute atomic E-state index is 12.5. The molecule has 0 radical (unpaired) electrons. The molecule has 0 fully saturated rings. The van der Waals surface area contributed by atoms with Gasteiger partial charge in [0.25, 0.3) is 0 Å². The van der Waals surface area contributed by atoms with Crippen molar-refractivity contribution in [3.8, 4) is 0 Å². The van der Waals surface area contributed by atoms with Crippen molar-refractivity contribution in [2.75, 3.05) is 18.5 Å². The molecule has 138 valence electrons. The molecule has 6 nitrogen and oxygen atoms in total. The van der Waals surface area contributed by atoms with Crippen LogP contribution < -0.4 is 5.32 Å². The van der Waals surface area contributed by atoms with E-state index in [9.17, 15) is 14.4 Å². The Kier molecular flexibility index (Phi) is 5.73. The molecule has 0 aromatic carbocycles. The summed E-state index contributed by atoms with van der Waals surface area (Å²) in [5.41, 5.74) is 1.33. The van der Waals surface area contributed by atoms with Crippen LogP contribution in [0.25, 0.3) is 0 Å². The molecule has 1 aliphatic heterocycles. The number of ether oxygens (including phenoxy) is 1. The Morgan fingerprint density at radius 1 is 1.35 bits per heavy atom. The number of nitrogens with one attached hydrogen (secondary N) is 1. The first-order valence-corrected chi connectivity index (χ1v) is 10.1. The van der Waals surface area contributed by atoms with E-state index in [-0.39, 0.29) is 24.8 Å². The van der Waals surface area contributed by atoms with Crippen molar-refractivity contribution >= 4 is 45.5 Å². The third-order valence-corrected chi connectivity index (χ3v) is 6.16. The summed E-state index contributed by atoms with van der Waals surface area (Å²) in [7, 11) is 0. The number of esters is 1. The van der Waals surface area contributed by atoms with Gasteiger partial charge in [0.15, 0.2) is 0 Å². The van der Waals surface area contributed by atoms with Gasteiger partial charge in [-0.2, -0.15) is 0 Å². The maximum Gasteiger partial charge on any atom is 0.341 e. The second-order valence-corrected chi connectivity index (χ2v) is 8.06. The average molecular weight is 393 g/mol. The van der Waals surface area contributed by atoms with Crippen LogP contribution in [0.1, 0.15) is 39.5 Å². The standard InChI is InChI=1S/C18H20N2O4S2/c1-3-24-18(23)16-13-6-7-20(11(2)21)10-14(13)26-17(16)19-15(22)9-12-5-4-8-25-12/h4-5,8H,3,6-7,9-10H2,1-2H3,(H,19,22). The van der Waals surface area contributed by atoms with Crippen LogP contribution in [0.2, 0.25) is 0 Å². The number of thiophene rings is 2. The number of carbonyl (C=O) groups is 3. The van der Waals surface area contributed by atoms with Crippen LogP contribution in [0.15, 0.2) is 17.5 Å². The summed E-state index contributed by atoms with van der Waals surface area (Å²) >= 11 is 2.87. The van der Waals surface area contributed by atoms with E-state index >= 15 is 0 Å². The minimum absolute atomic E-state index is 0.00464. The number of nitrogens with zero attached hydrogens (tertiary/aromatic N) is 1. The molecule has 0 spiro atoms. The first-order valence-electron chi connectivity index (χ1n) is 8.39. The summed E-state index contributed by atoms with van der Waals surface area (Å²) < 4.78 is 5.19. The molecule has 26 heavy (non-hydrogen) atoms. The topological polar surface area (TPSA) is 75.7 Å². The SMILES string of the molecule is CCOC(=O)c1c(NC(=O)Cc2cccs2)sc2c1CCN(C(C)=O)C2. The molecule has 2 aromatic heterocycles. The number of hydrogen-bond donors (Lipinski definition) is 1. The molecule has 8 heteroatoms. The van der Waals surface area contributed by atoms with Crippen LogP contribution in [0.5, 0.6) is 0 Å². The van der Waals surface area contributed by atoms with E-state index in [1.165, 1.54) is 29.6 Å². The van der Waals surface area contributed by atoms with Crippen molar-refractivity contribution in [2.45, 2.75) is 33.2 Å². The zero-order chi connectivity index (χ0) is 18.7.